The standard InChI is InChI=1S/C15H22BrNO2S/c1-10-5-6-11(12-7-8-13(16)20-12)17(9-10)14(18)19-15(2,3)4/h7-8,10-11H,5-6,9H2,1-4H3/t10?,11-/m0/s1. The van der Waals surface area contributed by atoms with Crippen LogP contribution in [0.2, 0.25) is 0 Å². The van der Waals surface area contributed by atoms with Gasteiger partial charge in [0.1, 0.15) is 5.60 Å². The number of amides is 1. The molecule has 20 heavy (non-hydrogen) atoms. The number of rotatable bonds is 1. The van der Waals surface area contributed by atoms with Crippen molar-refractivity contribution in [1.29, 1.82) is 0 Å². The fraction of sp³-hybridized carbons (Fsp3) is 0.667. The molecule has 1 aliphatic heterocycles. The summed E-state index contributed by atoms with van der Waals surface area (Å²) in [7, 11) is 0. The van der Waals surface area contributed by atoms with Gasteiger partial charge in [-0.25, -0.2) is 4.79 Å². The summed E-state index contributed by atoms with van der Waals surface area (Å²) in [6, 6.07) is 4.30. The molecule has 0 aromatic carbocycles. The molecule has 1 saturated heterocycles. The van der Waals surface area contributed by atoms with Crippen LogP contribution in [-0.4, -0.2) is 23.1 Å². The molecule has 2 rings (SSSR count). The minimum Gasteiger partial charge on any atom is -0.444 e. The van der Waals surface area contributed by atoms with E-state index in [0.717, 1.165) is 23.2 Å². The van der Waals surface area contributed by atoms with Crippen LogP contribution >= 0.6 is 27.3 Å². The second kappa shape index (κ2) is 6.06. The first-order valence-corrected chi connectivity index (χ1v) is 8.62. The number of halogens is 1. The summed E-state index contributed by atoms with van der Waals surface area (Å²) in [6.07, 6.45) is 1.96. The van der Waals surface area contributed by atoms with Crippen molar-refractivity contribution in [2.75, 3.05) is 6.54 Å². The molecular weight excluding hydrogens is 338 g/mol. The quantitative estimate of drug-likeness (QED) is 0.687. The highest BCUT2D eigenvalue weighted by Gasteiger charge is 2.34. The van der Waals surface area contributed by atoms with Gasteiger partial charge in [0.15, 0.2) is 0 Å². The van der Waals surface area contributed by atoms with Crippen molar-refractivity contribution >= 4 is 33.4 Å². The highest BCUT2D eigenvalue weighted by Crippen LogP contribution is 2.38. The third-order valence-corrected chi connectivity index (χ3v) is 5.09. The lowest BCUT2D eigenvalue weighted by atomic mass is 9.94. The van der Waals surface area contributed by atoms with Crippen LogP contribution in [0.25, 0.3) is 0 Å². The van der Waals surface area contributed by atoms with E-state index >= 15 is 0 Å². The van der Waals surface area contributed by atoms with Gasteiger partial charge in [0.2, 0.25) is 0 Å². The fourth-order valence-electron chi connectivity index (χ4n) is 2.48. The molecule has 1 aromatic heterocycles. The molecule has 1 amide bonds. The third kappa shape index (κ3) is 3.98. The van der Waals surface area contributed by atoms with Gasteiger partial charge in [0.05, 0.1) is 9.83 Å². The number of piperidine rings is 1. The number of hydrogen-bond donors (Lipinski definition) is 0. The van der Waals surface area contributed by atoms with Crippen LogP contribution < -0.4 is 0 Å². The Hall–Kier alpha value is -0.550. The van der Waals surface area contributed by atoms with Crippen LogP contribution in [0.5, 0.6) is 0 Å². The average Bonchev–Trinajstić information content (AvgIpc) is 2.73. The summed E-state index contributed by atoms with van der Waals surface area (Å²) >= 11 is 5.20. The number of ether oxygens (including phenoxy) is 1. The number of likely N-dealkylation sites (tertiary alicyclic amines) is 1. The van der Waals surface area contributed by atoms with Gasteiger partial charge >= 0.3 is 6.09 Å². The van der Waals surface area contributed by atoms with Crippen LogP contribution in [0.15, 0.2) is 15.9 Å². The summed E-state index contributed by atoms with van der Waals surface area (Å²) in [5.74, 6) is 0.530. The van der Waals surface area contributed by atoms with Gasteiger partial charge in [0.25, 0.3) is 0 Å². The maximum absolute atomic E-state index is 12.4. The van der Waals surface area contributed by atoms with E-state index in [1.807, 2.05) is 31.7 Å². The van der Waals surface area contributed by atoms with Gasteiger partial charge in [-0.05, 0) is 67.6 Å². The van der Waals surface area contributed by atoms with Crippen LogP contribution in [0.3, 0.4) is 0 Å². The number of carbonyl (C=O) groups is 1. The van der Waals surface area contributed by atoms with Gasteiger partial charge in [-0.3, -0.25) is 0 Å². The molecule has 1 aromatic rings. The summed E-state index contributed by atoms with van der Waals surface area (Å²) in [5, 5.41) is 0. The molecule has 2 heterocycles. The van der Waals surface area contributed by atoms with Gasteiger partial charge < -0.3 is 9.64 Å². The molecule has 0 spiro atoms. The van der Waals surface area contributed by atoms with Crippen molar-refractivity contribution in [2.24, 2.45) is 5.92 Å². The Labute approximate surface area is 133 Å². The van der Waals surface area contributed by atoms with Crippen LogP contribution in [-0.2, 0) is 4.74 Å². The predicted octanol–water partition coefficient (Wildman–Crippen LogP) is 5.22. The molecule has 1 fully saturated rings. The molecule has 0 radical (unpaired) electrons. The Morgan fingerprint density at radius 2 is 2.10 bits per heavy atom. The SMILES string of the molecule is CC1CC[C@@H](c2ccc(Br)s2)N(C(=O)OC(C)(C)C)C1. The predicted molar refractivity (Wildman–Crippen MR) is 86.1 cm³/mol. The lowest BCUT2D eigenvalue weighted by molar-refractivity contribution is 0.00412. The minimum atomic E-state index is -0.446. The first kappa shape index (κ1) is 15.8. The maximum Gasteiger partial charge on any atom is 0.410 e. The van der Waals surface area contributed by atoms with Crippen molar-refractivity contribution in [3.05, 3.63) is 20.8 Å². The van der Waals surface area contributed by atoms with Crippen LogP contribution in [0.4, 0.5) is 4.79 Å². The Morgan fingerprint density at radius 3 is 2.65 bits per heavy atom. The Morgan fingerprint density at radius 1 is 1.40 bits per heavy atom. The second-order valence-corrected chi connectivity index (χ2v) is 8.97. The van der Waals surface area contributed by atoms with E-state index in [1.54, 1.807) is 11.3 Å². The molecule has 0 saturated carbocycles. The van der Waals surface area contributed by atoms with Crippen LogP contribution in [0, 0.1) is 5.92 Å². The zero-order valence-electron chi connectivity index (χ0n) is 12.5. The first-order valence-electron chi connectivity index (χ1n) is 7.01. The van der Waals surface area contributed by atoms with Crippen molar-refractivity contribution in [1.82, 2.24) is 4.90 Å². The van der Waals surface area contributed by atoms with E-state index in [2.05, 4.69) is 28.9 Å². The molecule has 1 unspecified atom stereocenters. The second-order valence-electron chi connectivity index (χ2n) is 6.47. The fourth-order valence-corrected chi connectivity index (χ4v) is 4.05. The molecule has 0 aliphatic carbocycles. The van der Waals surface area contributed by atoms with Gasteiger partial charge in [-0.2, -0.15) is 0 Å². The van der Waals surface area contributed by atoms with Crippen molar-refractivity contribution in [3.8, 4) is 0 Å². The normalized spacial score (nSPS) is 23.8. The summed E-state index contributed by atoms with van der Waals surface area (Å²) in [6.45, 7) is 8.70. The first-order chi connectivity index (χ1) is 9.26. The lowest BCUT2D eigenvalue weighted by Gasteiger charge is -2.38. The number of thiophene rings is 1. The Kier molecular flexibility index (Phi) is 4.80. The minimum absolute atomic E-state index is 0.150. The van der Waals surface area contributed by atoms with E-state index in [4.69, 9.17) is 4.74 Å². The van der Waals surface area contributed by atoms with E-state index in [9.17, 15) is 4.79 Å². The average molecular weight is 360 g/mol. The molecule has 5 heteroatoms. The van der Waals surface area contributed by atoms with Crippen molar-refractivity contribution < 1.29 is 9.53 Å². The number of carbonyl (C=O) groups excluding carboxylic acids is 1. The molecule has 3 nitrogen and oxygen atoms in total. The van der Waals surface area contributed by atoms with E-state index < -0.39 is 5.60 Å². The Balaban J connectivity index is 2.18. The van der Waals surface area contributed by atoms with Crippen molar-refractivity contribution in [2.45, 2.75) is 52.2 Å². The zero-order valence-corrected chi connectivity index (χ0v) is 14.9. The van der Waals surface area contributed by atoms with Gasteiger partial charge in [0, 0.05) is 11.4 Å². The number of hydrogen-bond acceptors (Lipinski definition) is 3. The largest absolute Gasteiger partial charge is 0.444 e. The van der Waals surface area contributed by atoms with Crippen molar-refractivity contribution in [3.63, 3.8) is 0 Å². The molecule has 0 N–H and O–H groups in total. The van der Waals surface area contributed by atoms with E-state index in [-0.39, 0.29) is 12.1 Å². The zero-order chi connectivity index (χ0) is 14.9. The smallest absolute Gasteiger partial charge is 0.410 e. The molecule has 112 valence electrons. The highest BCUT2D eigenvalue weighted by atomic mass is 79.9. The third-order valence-electron chi connectivity index (χ3n) is 3.37. The van der Waals surface area contributed by atoms with Gasteiger partial charge in [-0.15, -0.1) is 11.3 Å². The van der Waals surface area contributed by atoms with Gasteiger partial charge in [-0.1, -0.05) is 6.92 Å². The lowest BCUT2D eigenvalue weighted by Crippen LogP contribution is -2.44. The molecule has 1 aliphatic rings. The topological polar surface area (TPSA) is 29.5 Å². The summed E-state index contributed by atoms with van der Waals surface area (Å²) < 4.78 is 6.67. The highest BCUT2D eigenvalue weighted by molar-refractivity contribution is 9.11. The Bertz CT molecular complexity index is 480. The summed E-state index contributed by atoms with van der Waals surface area (Å²) in [5.41, 5.74) is -0.446. The number of nitrogens with zero attached hydrogens (tertiary/aromatic N) is 1. The monoisotopic (exact) mass is 359 g/mol. The summed E-state index contributed by atoms with van der Waals surface area (Å²) in [4.78, 5) is 15.6. The van der Waals surface area contributed by atoms with Crippen LogP contribution in [0.1, 0.15) is 51.5 Å². The maximum atomic E-state index is 12.4. The van der Waals surface area contributed by atoms with E-state index in [0.29, 0.717) is 5.92 Å². The molecule has 0 bridgehead atoms. The molecular formula is C15H22BrNO2S. The van der Waals surface area contributed by atoms with E-state index in [1.165, 1.54) is 4.88 Å². The molecule has 2 atom stereocenters.